The minimum absolute atomic E-state index is 0.110. The molecule has 0 unspecified atom stereocenters. The van der Waals surface area contributed by atoms with Crippen LogP contribution in [0.3, 0.4) is 0 Å². The molecule has 144 valence electrons. The molecule has 1 saturated heterocycles. The first-order chi connectivity index (χ1) is 13.1. The minimum Gasteiger partial charge on any atom is -0.353 e. The van der Waals surface area contributed by atoms with Crippen LogP contribution in [0.15, 0.2) is 24.4 Å². The van der Waals surface area contributed by atoms with Gasteiger partial charge in [0.05, 0.1) is 5.92 Å². The Kier molecular flexibility index (Phi) is 4.27. The average molecular weight is 366 g/mol. The first-order valence-corrected chi connectivity index (χ1v) is 10.7. The molecule has 1 saturated carbocycles. The second-order valence-electron chi connectivity index (χ2n) is 9.10. The van der Waals surface area contributed by atoms with Gasteiger partial charge in [-0.05, 0) is 49.9 Å². The Morgan fingerprint density at radius 1 is 1.15 bits per heavy atom. The molecular weight excluding hydrogens is 334 g/mol. The number of likely N-dealkylation sites (tertiary alicyclic amines) is 1. The second-order valence-corrected chi connectivity index (χ2v) is 9.10. The van der Waals surface area contributed by atoms with Crippen molar-refractivity contribution in [2.75, 3.05) is 13.6 Å². The molecule has 2 aromatic rings. The molecule has 4 heteroatoms. The maximum absolute atomic E-state index is 13.0. The molecule has 1 aromatic carbocycles. The minimum atomic E-state index is 0.110. The van der Waals surface area contributed by atoms with Crippen LogP contribution in [0, 0.1) is 5.92 Å². The molecule has 0 bridgehead atoms. The van der Waals surface area contributed by atoms with E-state index in [2.05, 4.69) is 53.3 Å². The Morgan fingerprint density at radius 2 is 1.96 bits per heavy atom. The van der Waals surface area contributed by atoms with Gasteiger partial charge in [-0.2, -0.15) is 0 Å². The van der Waals surface area contributed by atoms with Gasteiger partial charge in [-0.15, -0.1) is 0 Å². The van der Waals surface area contributed by atoms with Gasteiger partial charge in [-0.25, -0.2) is 0 Å². The van der Waals surface area contributed by atoms with E-state index in [1.165, 1.54) is 41.3 Å². The number of benzene rings is 1. The second kappa shape index (κ2) is 6.66. The third-order valence-electron chi connectivity index (χ3n) is 7.35. The lowest BCUT2D eigenvalue weighted by Crippen LogP contribution is -2.52. The van der Waals surface area contributed by atoms with Crippen LogP contribution in [0.25, 0.3) is 10.9 Å². The molecule has 0 spiro atoms. The van der Waals surface area contributed by atoms with E-state index in [0.29, 0.717) is 23.9 Å². The van der Waals surface area contributed by atoms with Crippen LogP contribution in [0.2, 0.25) is 0 Å². The molecule has 1 N–H and O–H groups in total. The maximum Gasteiger partial charge on any atom is 0.224 e. The van der Waals surface area contributed by atoms with Gasteiger partial charge < -0.3 is 14.8 Å². The fourth-order valence-corrected chi connectivity index (χ4v) is 5.97. The number of hydrogen-bond acceptors (Lipinski definition) is 2. The zero-order valence-corrected chi connectivity index (χ0v) is 16.6. The van der Waals surface area contributed by atoms with Crippen LogP contribution >= 0.6 is 0 Å². The van der Waals surface area contributed by atoms with Crippen molar-refractivity contribution in [2.24, 2.45) is 13.0 Å². The molecule has 1 aromatic heterocycles. The van der Waals surface area contributed by atoms with Crippen molar-refractivity contribution in [1.82, 2.24) is 14.8 Å². The van der Waals surface area contributed by atoms with E-state index in [1.807, 2.05) is 0 Å². The summed E-state index contributed by atoms with van der Waals surface area (Å²) in [4.78, 5) is 15.5. The normalized spacial score (nSPS) is 28.9. The summed E-state index contributed by atoms with van der Waals surface area (Å²) in [6, 6.07) is 7.64. The zero-order chi connectivity index (χ0) is 18.5. The molecule has 2 fully saturated rings. The molecule has 3 atom stereocenters. The molecule has 4 nitrogen and oxygen atoms in total. The van der Waals surface area contributed by atoms with Crippen LogP contribution in [0.4, 0.5) is 0 Å². The number of aryl methyl sites for hydroxylation is 1. The first kappa shape index (κ1) is 17.3. The van der Waals surface area contributed by atoms with Gasteiger partial charge in [-0.1, -0.05) is 31.4 Å². The molecule has 0 radical (unpaired) electrons. The van der Waals surface area contributed by atoms with Gasteiger partial charge in [-0.3, -0.25) is 4.79 Å². The summed E-state index contributed by atoms with van der Waals surface area (Å²) in [5, 5.41) is 4.83. The predicted molar refractivity (Wildman–Crippen MR) is 109 cm³/mol. The Morgan fingerprint density at radius 3 is 2.78 bits per heavy atom. The summed E-state index contributed by atoms with van der Waals surface area (Å²) in [6.07, 6.45) is 10.6. The average Bonchev–Trinajstić information content (AvgIpc) is 3.00. The van der Waals surface area contributed by atoms with Crippen molar-refractivity contribution < 1.29 is 4.79 Å². The zero-order valence-electron chi connectivity index (χ0n) is 16.6. The van der Waals surface area contributed by atoms with Crippen molar-refractivity contribution in [1.29, 1.82) is 0 Å². The summed E-state index contributed by atoms with van der Waals surface area (Å²) in [6.45, 7) is 0.887. The van der Waals surface area contributed by atoms with Crippen molar-refractivity contribution in [3.8, 4) is 0 Å². The fraction of sp³-hybridized carbons (Fsp3) is 0.609. The fourth-order valence-electron chi connectivity index (χ4n) is 5.97. The Labute approximate surface area is 161 Å². The van der Waals surface area contributed by atoms with Crippen LogP contribution in [-0.2, 0) is 18.3 Å². The Hall–Kier alpha value is -1.81. The number of carbonyl (C=O) groups excluding carboxylic acids is 1. The number of amides is 1. The summed E-state index contributed by atoms with van der Waals surface area (Å²) in [5.74, 6) is 0.862. The molecule has 2 heterocycles. The van der Waals surface area contributed by atoms with E-state index < -0.39 is 0 Å². The quantitative estimate of drug-likeness (QED) is 0.883. The topological polar surface area (TPSA) is 37.3 Å². The van der Waals surface area contributed by atoms with Gasteiger partial charge in [0.1, 0.15) is 0 Å². The lowest BCUT2D eigenvalue weighted by atomic mass is 9.72. The number of likely N-dealkylation sites (N-methyl/N-ethyl adjacent to an activating group) is 1. The lowest BCUT2D eigenvalue weighted by molar-refractivity contribution is -0.128. The summed E-state index contributed by atoms with van der Waals surface area (Å²) in [7, 11) is 4.36. The van der Waals surface area contributed by atoms with Crippen molar-refractivity contribution >= 4 is 16.8 Å². The van der Waals surface area contributed by atoms with E-state index in [0.717, 1.165) is 32.2 Å². The number of fused-ring (bicyclic) bond motifs is 2. The molecule has 2 aliphatic carbocycles. The van der Waals surface area contributed by atoms with Crippen molar-refractivity contribution in [3.63, 3.8) is 0 Å². The SMILES string of the molecule is CN1C[C@H](C(=O)NC2CCCCC2)C[C@@H]2c3cccc4c3c(cn4C)C[C@H]21. The lowest BCUT2D eigenvalue weighted by Gasteiger charge is -2.45. The predicted octanol–water partition coefficient (Wildman–Crippen LogP) is 3.59. The molecule has 5 rings (SSSR count). The number of nitrogens with zero attached hydrogens (tertiary/aromatic N) is 2. The number of rotatable bonds is 2. The van der Waals surface area contributed by atoms with Gasteiger partial charge >= 0.3 is 0 Å². The van der Waals surface area contributed by atoms with Crippen molar-refractivity contribution in [2.45, 2.75) is 62.9 Å². The molecule has 3 aliphatic rings. The highest BCUT2D eigenvalue weighted by molar-refractivity contribution is 5.89. The highest BCUT2D eigenvalue weighted by atomic mass is 16.2. The Bertz CT molecular complexity index is 864. The van der Waals surface area contributed by atoms with E-state index in [-0.39, 0.29) is 5.92 Å². The molecule has 27 heavy (non-hydrogen) atoms. The highest BCUT2D eigenvalue weighted by Crippen LogP contribution is 2.44. The van der Waals surface area contributed by atoms with E-state index >= 15 is 0 Å². The van der Waals surface area contributed by atoms with Crippen molar-refractivity contribution in [3.05, 3.63) is 35.5 Å². The van der Waals surface area contributed by atoms with Gasteiger partial charge in [0, 0.05) is 48.7 Å². The molecular formula is C23H31N3O. The largest absolute Gasteiger partial charge is 0.353 e. The number of nitrogens with one attached hydrogen (secondary N) is 1. The first-order valence-electron chi connectivity index (χ1n) is 10.7. The van der Waals surface area contributed by atoms with Crippen LogP contribution in [0.1, 0.15) is 55.6 Å². The standard InChI is InChI=1S/C23H31N3O/c1-25-13-15-12-21-19(18-9-6-10-20(25)22(15)18)11-16(14-26(21)2)23(27)24-17-7-4-3-5-8-17/h6,9-10,13,16-17,19,21H,3-5,7-8,11-12,14H2,1-2H3,(H,24,27)/t16-,19-,21-/m1/s1. The smallest absolute Gasteiger partial charge is 0.224 e. The third-order valence-corrected chi connectivity index (χ3v) is 7.35. The number of piperidine rings is 1. The van der Waals surface area contributed by atoms with Gasteiger partial charge in [0.2, 0.25) is 5.91 Å². The molecule has 1 amide bonds. The van der Waals surface area contributed by atoms with Crippen LogP contribution in [0.5, 0.6) is 0 Å². The van der Waals surface area contributed by atoms with Gasteiger partial charge in [0.15, 0.2) is 0 Å². The summed E-state index contributed by atoms with van der Waals surface area (Å²) >= 11 is 0. The Balaban J connectivity index is 1.41. The number of aromatic nitrogens is 1. The maximum atomic E-state index is 13.0. The van der Waals surface area contributed by atoms with Gasteiger partial charge in [0.25, 0.3) is 0 Å². The highest BCUT2D eigenvalue weighted by Gasteiger charge is 2.41. The summed E-state index contributed by atoms with van der Waals surface area (Å²) < 4.78 is 2.26. The monoisotopic (exact) mass is 365 g/mol. The summed E-state index contributed by atoms with van der Waals surface area (Å²) in [5.41, 5.74) is 4.26. The van der Waals surface area contributed by atoms with E-state index in [4.69, 9.17) is 0 Å². The number of carbonyl (C=O) groups is 1. The van der Waals surface area contributed by atoms with Crippen LogP contribution < -0.4 is 5.32 Å². The van der Waals surface area contributed by atoms with Crippen LogP contribution in [-0.4, -0.2) is 41.1 Å². The molecule has 1 aliphatic heterocycles. The van der Waals surface area contributed by atoms with E-state index in [9.17, 15) is 4.79 Å². The van der Waals surface area contributed by atoms with E-state index in [1.54, 1.807) is 0 Å². The third kappa shape index (κ3) is 2.89. The number of hydrogen-bond donors (Lipinski definition) is 1.